The van der Waals surface area contributed by atoms with Crippen LogP contribution in [0.2, 0.25) is 0 Å². The third-order valence-corrected chi connectivity index (χ3v) is 7.81. The zero-order valence-electron chi connectivity index (χ0n) is 21.3. The first-order chi connectivity index (χ1) is 18.8. The van der Waals surface area contributed by atoms with E-state index in [-0.39, 0.29) is 28.0 Å². The zero-order chi connectivity index (χ0) is 29.3. The van der Waals surface area contributed by atoms with Gasteiger partial charge in [0.1, 0.15) is 41.7 Å². The number of carbonyl (C=O) groups is 3. The molecule has 5 N–H and O–H groups in total. The fourth-order valence-electron chi connectivity index (χ4n) is 5.65. The minimum Gasteiger partial charge on any atom is -0.507 e. The van der Waals surface area contributed by atoms with Crippen LogP contribution in [-0.2, 0) is 20.7 Å². The van der Waals surface area contributed by atoms with E-state index in [1.54, 1.807) is 0 Å². The fraction of sp³-hybridized carbons (Fsp3) is 0.444. The largest absolute Gasteiger partial charge is 0.507 e. The number of rotatable bonds is 5. The van der Waals surface area contributed by atoms with Crippen LogP contribution >= 0.6 is 0 Å². The first-order valence-electron chi connectivity index (χ1n) is 12.4. The number of alkyl halides is 2. The van der Waals surface area contributed by atoms with Crippen LogP contribution in [0.1, 0.15) is 68.8 Å². The van der Waals surface area contributed by atoms with Crippen LogP contribution < -0.4 is 4.74 Å². The Morgan fingerprint density at radius 2 is 1.80 bits per heavy atom. The van der Waals surface area contributed by atoms with Gasteiger partial charge in [-0.3, -0.25) is 14.4 Å². The Morgan fingerprint density at radius 3 is 2.42 bits per heavy atom. The molecule has 3 aliphatic rings. The molecule has 5 rings (SSSR count). The van der Waals surface area contributed by atoms with Crippen LogP contribution in [0.3, 0.4) is 0 Å². The summed E-state index contributed by atoms with van der Waals surface area (Å²) in [5.41, 5.74) is -4.40. The molecule has 11 nitrogen and oxygen atoms in total. The fourth-order valence-corrected chi connectivity index (χ4v) is 5.65. The van der Waals surface area contributed by atoms with Crippen molar-refractivity contribution in [1.82, 2.24) is 0 Å². The van der Waals surface area contributed by atoms with E-state index in [9.17, 15) is 48.7 Å². The molecule has 40 heavy (non-hydrogen) atoms. The predicted octanol–water partition coefficient (Wildman–Crippen LogP) is 1.31. The van der Waals surface area contributed by atoms with Gasteiger partial charge in [0.25, 0.3) is 5.92 Å². The number of Topliss-reactive ketones (excluding diaryl/α,β-unsaturated/α-hetero) is 1. The third kappa shape index (κ3) is 3.99. The Balaban J connectivity index is 1.68. The number of aromatic hydroxyl groups is 2. The molecule has 0 amide bonds. The molecule has 0 radical (unpaired) electrons. The number of ether oxygens (including phenoxy) is 3. The summed E-state index contributed by atoms with van der Waals surface area (Å²) in [6.45, 7) is -0.101. The van der Waals surface area contributed by atoms with Gasteiger partial charge in [0.2, 0.25) is 5.78 Å². The molecule has 2 aromatic carbocycles. The van der Waals surface area contributed by atoms with Crippen molar-refractivity contribution < 1.29 is 62.9 Å². The van der Waals surface area contributed by atoms with Crippen molar-refractivity contribution in [2.24, 2.45) is 0 Å². The summed E-state index contributed by atoms with van der Waals surface area (Å²) in [6.07, 6.45) is -9.11. The standard InChI is InChI=1S/C27H26F2O11/c1-10-27(28,29)15(31)6-17(39-10)40-14-8-26(37,16(32)9-30)7-12-19(14)25(36)21-20(23(12)34)22(33)11-4-3-5-13(38-2)18(11)24(21)35/h3-5,10,14-15,17,30-31,34,36-37H,6-9H2,1-2H3/t10-,14+,15-,17?,26+/m1/s1. The predicted molar refractivity (Wildman–Crippen MR) is 129 cm³/mol. The van der Waals surface area contributed by atoms with Crippen LogP contribution in [-0.4, -0.2) is 86.6 Å². The van der Waals surface area contributed by atoms with Gasteiger partial charge in [0, 0.05) is 36.0 Å². The maximum absolute atomic E-state index is 14.1. The van der Waals surface area contributed by atoms with Crippen molar-refractivity contribution in [3.05, 3.63) is 51.6 Å². The summed E-state index contributed by atoms with van der Waals surface area (Å²) in [5, 5.41) is 53.3. The molecule has 2 aliphatic carbocycles. The number of benzene rings is 2. The molecule has 0 saturated carbocycles. The molecule has 1 saturated heterocycles. The minimum absolute atomic E-state index is 0.0355. The van der Waals surface area contributed by atoms with Gasteiger partial charge in [-0.2, -0.15) is 0 Å². The Kier molecular flexibility index (Phi) is 6.70. The van der Waals surface area contributed by atoms with Gasteiger partial charge in [0.05, 0.1) is 29.9 Å². The average molecular weight is 564 g/mol. The van der Waals surface area contributed by atoms with Crippen molar-refractivity contribution in [1.29, 1.82) is 0 Å². The van der Waals surface area contributed by atoms with E-state index in [1.807, 2.05) is 0 Å². The molecule has 13 heteroatoms. The van der Waals surface area contributed by atoms with Gasteiger partial charge in [0.15, 0.2) is 17.9 Å². The lowest BCUT2D eigenvalue weighted by atomic mass is 9.72. The van der Waals surface area contributed by atoms with Crippen molar-refractivity contribution >= 4 is 17.3 Å². The summed E-state index contributed by atoms with van der Waals surface area (Å²) in [6, 6.07) is 4.21. The number of methoxy groups -OCH3 is 1. The van der Waals surface area contributed by atoms with Crippen LogP contribution in [0.5, 0.6) is 17.2 Å². The normalized spacial score (nSPS) is 28.9. The lowest BCUT2D eigenvalue weighted by Gasteiger charge is -2.42. The SMILES string of the molecule is COc1cccc2c1C(=O)c1c(O)c3c(c(O)c1C2=O)C[C@@](O)(C(=O)CO)C[C@@H]3OC1C[C@@H](O)C(F)(F)[C@@H](C)O1. The number of aliphatic hydroxyl groups is 3. The zero-order valence-corrected chi connectivity index (χ0v) is 21.3. The Bertz CT molecular complexity index is 1420. The second-order valence-electron chi connectivity index (χ2n) is 10.1. The Hall–Kier alpha value is -3.49. The lowest BCUT2D eigenvalue weighted by molar-refractivity contribution is -0.309. The highest BCUT2D eigenvalue weighted by Crippen LogP contribution is 2.52. The second kappa shape index (κ2) is 9.56. The quantitative estimate of drug-likeness (QED) is 0.282. The number of phenolic OH excluding ortho intramolecular Hbond substituents is 2. The molecule has 1 unspecified atom stereocenters. The van der Waals surface area contributed by atoms with Gasteiger partial charge in [-0.05, 0) is 13.0 Å². The molecule has 1 heterocycles. The van der Waals surface area contributed by atoms with Gasteiger partial charge in [-0.15, -0.1) is 0 Å². The minimum atomic E-state index is -3.60. The van der Waals surface area contributed by atoms with E-state index in [2.05, 4.69) is 0 Å². The van der Waals surface area contributed by atoms with Gasteiger partial charge >= 0.3 is 0 Å². The average Bonchev–Trinajstić information content (AvgIpc) is 2.91. The molecule has 0 aromatic heterocycles. The van der Waals surface area contributed by atoms with Crippen LogP contribution in [0, 0.1) is 0 Å². The summed E-state index contributed by atoms with van der Waals surface area (Å²) >= 11 is 0. The second-order valence-corrected chi connectivity index (χ2v) is 10.1. The lowest BCUT2D eigenvalue weighted by Crippen LogP contribution is -2.53. The van der Waals surface area contributed by atoms with E-state index >= 15 is 0 Å². The maximum Gasteiger partial charge on any atom is 0.298 e. The van der Waals surface area contributed by atoms with Gasteiger partial charge in [-0.1, -0.05) is 12.1 Å². The summed E-state index contributed by atoms with van der Waals surface area (Å²) in [7, 11) is 1.28. The molecular formula is C27H26F2O11. The molecule has 5 atom stereocenters. The van der Waals surface area contributed by atoms with E-state index in [4.69, 9.17) is 14.2 Å². The number of aliphatic hydroxyl groups excluding tert-OH is 2. The first kappa shape index (κ1) is 28.1. The number of halogens is 2. The van der Waals surface area contributed by atoms with Crippen LogP contribution in [0.15, 0.2) is 18.2 Å². The summed E-state index contributed by atoms with van der Waals surface area (Å²) in [4.78, 5) is 39.6. The molecule has 1 fully saturated rings. The van der Waals surface area contributed by atoms with Crippen LogP contribution in [0.25, 0.3) is 0 Å². The van der Waals surface area contributed by atoms with Crippen molar-refractivity contribution in [3.8, 4) is 17.2 Å². The van der Waals surface area contributed by atoms with Crippen molar-refractivity contribution in [2.75, 3.05) is 13.7 Å². The van der Waals surface area contributed by atoms with Crippen molar-refractivity contribution in [2.45, 2.75) is 62.3 Å². The number of fused-ring (bicyclic) bond motifs is 3. The Morgan fingerprint density at radius 1 is 1.12 bits per heavy atom. The highest BCUT2D eigenvalue weighted by Gasteiger charge is 2.53. The molecule has 0 bridgehead atoms. The number of ketones is 3. The molecular weight excluding hydrogens is 538 g/mol. The van der Waals surface area contributed by atoms with E-state index in [1.165, 1.54) is 25.3 Å². The smallest absolute Gasteiger partial charge is 0.298 e. The maximum atomic E-state index is 14.1. The molecule has 2 aromatic rings. The van der Waals surface area contributed by atoms with E-state index in [0.29, 0.717) is 0 Å². The molecule has 214 valence electrons. The monoisotopic (exact) mass is 564 g/mol. The van der Waals surface area contributed by atoms with E-state index in [0.717, 1.165) is 6.92 Å². The highest BCUT2D eigenvalue weighted by atomic mass is 19.3. The molecule has 0 spiro atoms. The van der Waals surface area contributed by atoms with Crippen LogP contribution in [0.4, 0.5) is 8.78 Å². The van der Waals surface area contributed by atoms with E-state index < -0.39 is 102 Å². The number of hydrogen-bond donors (Lipinski definition) is 5. The van der Waals surface area contributed by atoms with Gasteiger partial charge in [-0.25, -0.2) is 8.78 Å². The summed E-state index contributed by atoms with van der Waals surface area (Å²) in [5.74, 6) is -7.95. The van der Waals surface area contributed by atoms with Crippen molar-refractivity contribution in [3.63, 3.8) is 0 Å². The first-order valence-corrected chi connectivity index (χ1v) is 12.4. The highest BCUT2D eigenvalue weighted by molar-refractivity contribution is 6.31. The number of phenols is 2. The number of hydrogen-bond acceptors (Lipinski definition) is 11. The number of carbonyl (C=O) groups excluding carboxylic acids is 3. The third-order valence-electron chi connectivity index (χ3n) is 7.81. The Labute approximate surface area is 225 Å². The molecule has 1 aliphatic heterocycles. The summed E-state index contributed by atoms with van der Waals surface area (Å²) < 4.78 is 44.5. The topological polar surface area (TPSA) is 180 Å². The van der Waals surface area contributed by atoms with Gasteiger partial charge < -0.3 is 39.7 Å².